The van der Waals surface area contributed by atoms with Crippen LogP contribution in [-0.4, -0.2) is 37.3 Å². The predicted molar refractivity (Wildman–Crippen MR) is 119 cm³/mol. The summed E-state index contributed by atoms with van der Waals surface area (Å²) in [6.45, 7) is 11.3. The number of carbonyl (C=O) groups excluding carboxylic acids is 1. The molecular formula is C23H28N6O2. The van der Waals surface area contributed by atoms with Crippen LogP contribution in [0.5, 0.6) is 0 Å². The largest absolute Gasteiger partial charge is 0.382 e. The number of oxime groups is 1. The number of nitrogens with zero attached hydrogens (tertiary/aromatic N) is 5. The summed E-state index contributed by atoms with van der Waals surface area (Å²) in [6, 6.07) is 8.37. The third-order valence-electron chi connectivity index (χ3n) is 5.63. The molecule has 3 heterocycles. The first kappa shape index (κ1) is 20.8. The average Bonchev–Trinajstić information content (AvgIpc) is 3.44. The number of hydrogen-bond acceptors (Lipinski definition) is 5. The van der Waals surface area contributed by atoms with Gasteiger partial charge in [-0.05, 0) is 40.2 Å². The van der Waals surface area contributed by atoms with Crippen LogP contribution in [0.2, 0.25) is 0 Å². The number of aryl methyl sites for hydroxylation is 4. The highest BCUT2D eigenvalue weighted by Crippen LogP contribution is 2.24. The smallest absolute Gasteiger partial charge is 0.268 e. The molecule has 162 valence electrons. The number of amides is 1. The Morgan fingerprint density at radius 3 is 2.55 bits per heavy atom. The van der Waals surface area contributed by atoms with Crippen molar-refractivity contribution in [2.75, 3.05) is 5.32 Å². The second kappa shape index (κ2) is 8.37. The van der Waals surface area contributed by atoms with E-state index in [9.17, 15) is 4.79 Å². The average molecular weight is 421 g/mol. The van der Waals surface area contributed by atoms with E-state index >= 15 is 0 Å². The quantitative estimate of drug-likeness (QED) is 0.661. The van der Waals surface area contributed by atoms with Crippen molar-refractivity contribution < 1.29 is 9.63 Å². The summed E-state index contributed by atoms with van der Waals surface area (Å²) in [5.74, 6) is -0.222. The minimum absolute atomic E-state index is 0.222. The van der Waals surface area contributed by atoms with Gasteiger partial charge in [-0.1, -0.05) is 35.0 Å². The standard InChI is InChI=1S/C23H28N6O2/c1-6-28-13-19(15(3)25-28)20-11-21(31-27-20)23(30)24-22-16(4)26-29(17(22)5)12-18-9-7-14(2)8-10-18/h7-10,13,21H,6,11-12H2,1-5H3,(H,24,30). The summed E-state index contributed by atoms with van der Waals surface area (Å²) in [7, 11) is 0. The maximum atomic E-state index is 12.9. The maximum Gasteiger partial charge on any atom is 0.268 e. The van der Waals surface area contributed by atoms with Crippen molar-refractivity contribution in [3.05, 3.63) is 64.2 Å². The van der Waals surface area contributed by atoms with E-state index in [4.69, 9.17) is 4.84 Å². The summed E-state index contributed by atoms with van der Waals surface area (Å²) in [5.41, 5.74) is 7.35. The SMILES string of the molecule is CCn1cc(C2=NOC(C(=O)Nc3c(C)nn(Cc4ccc(C)cc4)c3C)C2)c(C)n1. The summed E-state index contributed by atoms with van der Waals surface area (Å²) in [4.78, 5) is 18.3. The van der Waals surface area contributed by atoms with Crippen molar-refractivity contribution in [2.24, 2.45) is 5.16 Å². The molecule has 0 bridgehead atoms. The van der Waals surface area contributed by atoms with Crippen LogP contribution in [0.3, 0.4) is 0 Å². The van der Waals surface area contributed by atoms with Crippen molar-refractivity contribution in [3.63, 3.8) is 0 Å². The molecule has 1 N–H and O–H groups in total. The van der Waals surface area contributed by atoms with Gasteiger partial charge >= 0.3 is 0 Å². The van der Waals surface area contributed by atoms with E-state index < -0.39 is 6.10 Å². The highest BCUT2D eigenvalue weighted by molar-refractivity contribution is 6.06. The molecule has 1 aliphatic rings. The van der Waals surface area contributed by atoms with E-state index in [1.54, 1.807) is 0 Å². The van der Waals surface area contributed by atoms with Crippen molar-refractivity contribution in [1.82, 2.24) is 19.6 Å². The van der Waals surface area contributed by atoms with Crippen LogP contribution in [-0.2, 0) is 22.7 Å². The van der Waals surface area contributed by atoms with Gasteiger partial charge in [0.25, 0.3) is 5.91 Å². The number of rotatable bonds is 6. The van der Waals surface area contributed by atoms with Gasteiger partial charge in [0.1, 0.15) is 0 Å². The van der Waals surface area contributed by atoms with Crippen LogP contribution in [0.15, 0.2) is 35.6 Å². The fourth-order valence-corrected chi connectivity index (χ4v) is 3.74. The Kier molecular flexibility index (Phi) is 5.63. The van der Waals surface area contributed by atoms with Crippen LogP contribution >= 0.6 is 0 Å². The molecule has 0 saturated carbocycles. The fraction of sp³-hybridized carbons (Fsp3) is 0.391. The van der Waals surface area contributed by atoms with E-state index in [1.807, 2.05) is 43.3 Å². The maximum absolute atomic E-state index is 12.9. The van der Waals surface area contributed by atoms with Crippen LogP contribution in [0.25, 0.3) is 0 Å². The van der Waals surface area contributed by atoms with Crippen LogP contribution in [0.4, 0.5) is 5.69 Å². The highest BCUT2D eigenvalue weighted by Gasteiger charge is 2.31. The van der Waals surface area contributed by atoms with Crippen LogP contribution < -0.4 is 5.32 Å². The van der Waals surface area contributed by atoms with E-state index in [0.717, 1.165) is 46.2 Å². The van der Waals surface area contributed by atoms with Crippen molar-refractivity contribution >= 4 is 17.3 Å². The molecule has 1 aliphatic heterocycles. The second-order valence-corrected chi connectivity index (χ2v) is 8.00. The third kappa shape index (κ3) is 4.23. The van der Waals surface area contributed by atoms with E-state index in [1.165, 1.54) is 5.56 Å². The molecule has 1 amide bonds. The molecule has 4 rings (SSSR count). The summed E-state index contributed by atoms with van der Waals surface area (Å²) >= 11 is 0. The van der Waals surface area contributed by atoms with Gasteiger partial charge in [0.05, 0.1) is 35.0 Å². The molecule has 1 aromatic carbocycles. The molecule has 0 saturated heterocycles. The number of carbonyl (C=O) groups is 1. The number of anilines is 1. The lowest BCUT2D eigenvalue weighted by molar-refractivity contribution is -0.125. The van der Waals surface area contributed by atoms with Gasteiger partial charge in [-0.2, -0.15) is 10.2 Å². The van der Waals surface area contributed by atoms with Gasteiger partial charge in [0.15, 0.2) is 0 Å². The molecule has 3 aromatic rings. The Morgan fingerprint density at radius 2 is 1.87 bits per heavy atom. The lowest BCUT2D eigenvalue weighted by Gasteiger charge is -2.10. The molecule has 0 radical (unpaired) electrons. The Hall–Kier alpha value is -3.42. The second-order valence-electron chi connectivity index (χ2n) is 8.00. The molecule has 1 atom stereocenters. The minimum atomic E-state index is -0.668. The van der Waals surface area contributed by atoms with E-state index in [-0.39, 0.29) is 5.91 Å². The highest BCUT2D eigenvalue weighted by atomic mass is 16.6. The predicted octanol–water partition coefficient (Wildman–Crippen LogP) is 3.51. The number of nitrogens with one attached hydrogen (secondary N) is 1. The fourth-order valence-electron chi connectivity index (χ4n) is 3.74. The lowest BCUT2D eigenvalue weighted by Crippen LogP contribution is -2.28. The van der Waals surface area contributed by atoms with Crippen molar-refractivity contribution in [1.29, 1.82) is 0 Å². The van der Waals surface area contributed by atoms with Crippen molar-refractivity contribution in [2.45, 2.75) is 60.2 Å². The molecule has 8 nitrogen and oxygen atoms in total. The normalized spacial score (nSPS) is 15.6. The van der Waals surface area contributed by atoms with Gasteiger partial charge in [-0.25, -0.2) is 0 Å². The Labute approximate surface area is 181 Å². The summed E-state index contributed by atoms with van der Waals surface area (Å²) in [5, 5.41) is 16.2. The minimum Gasteiger partial charge on any atom is -0.382 e. The van der Waals surface area contributed by atoms with Gasteiger partial charge in [-0.3, -0.25) is 14.2 Å². The Balaban J connectivity index is 1.44. The van der Waals surface area contributed by atoms with Crippen LogP contribution in [0.1, 0.15) is 47.1 Å². The number of benzene rings is 1. The van der Waals surface area contributed by atoms with E-state index in [0.29, 0.717) is 13.0 Å². The van der Waals surface area contributed by atoms with Gasteiger partial charge in [0.2, 0.25) is 6.10 Å². The molecule has 0 aliphatic carbocycles. The number of hydrogen-bond donors (Lipinski definition) is 1. The third-order valence-corrected chi connectivity index (χ3v) is 5.63. The molecule has 8 heteroatoms. The lowest BCUT2D eigenvalue weighted by atomic mass is 10.1. The first-order valence-electron chi connectivity index (χ1n) is 10.5. The van der Waals surface area contributed by atoms with Gasteiger partial charge in [-0.15, -0.1) is 0 Å². The topological polar surface area (TPSA) is 86.3 Å². The molecule has 2 aromatic heterocycles. The molecule has 0 fully saturated rings. The van der Waals surface area contributed by atoms with Gasteiger partial charge < -0.3 is 10.2 Å². The zero-order chi connectivity index (χ0) is 22.1. The summed E-state index contributed by atoms with van der Waals surface area (Å²) < 4.78 is 3.77. The molecule has 1 unspecified atom stereocenters. The first-order valence-corrected chi connectivity index (χ1v) is 10.5. The monoisotopic (exact) mass is 420 g/mol. The zero-order valence-electron chi connectivity index (χ0n) is 18.6. The zero-order valence-corrected chi connectivity index (χ0v) is 18.6. The molecular weight excluding hydrogens is 392 g/mol. The van der Waals surface area contributed by atoms with E-state index in [2.05, 4.69) is 51.9 Å². The number of aromatic nitrogens is 4. The van der Waals surface area contributed by atoms with Crippen molar-refractivity contribution in [3.8, 4) is 0 Å². The first-order chi connectivity index (χ1) is 14.9. The Bertz CT molecular complexity index is 1140. The summed E-state index contributed by atoms with van der Waals surface area (Å²) in [6.07, 6.45) is 1.69. The molecule has 31 heavy (non-hydrogen) atoms. The Morgan fingerprint density at radius 1 is 1.13 bits per heavy atom. The molecule has 0 spiro atoms. The van der Waals surface area contributed by atoms with Gasteiger partial charge in [0, 0.05) is 24.7 Å². The van der Waals surface area contributed by atoms with Crippen LogP contribution in [0, 0.1) is 27.7 Å².